The molecule has 1 N–H and O–H groups in total. The second-order valence-electron chi connectivity index (χ2n) is 6.71. The molecule has 0 bridgehead atoms. The molecule has 0 aliphatic heterocycles. The minimum atomic E-state index is -4.04. The molecule has 3 rings (SSSR count). The lowest BCUT2D eigenvalue weighted by Gasteiger charge is -2.15. The first-order chi connectivity index (χ1) is 14.5. The summed E-state index contributed by atoms with van der Waals surface area (Å²) < 4.78 is 30.4. The van der Waals surface area contributed by atoms with Crippen molar-refractivity contribution in [1.82, 2.24) is 19.1 Å². The lowest BCUT2D eigenvalue weighted by Crippen LogP contribution is -2.38. The molecule has 0 amide bonds. The molecular weight excluding hydrogens is 424 g/mol. The number of nitrogens with zero attached hydrogens (tertiary/aromatic N) is 6. The standard InChI is InChI=1S/C19H20N6O5S/c1-11-9-12(2)22-18(21-11)23-31(29,30)14-7-5-13(6-8-14)20-10-15-16(26)24(3)19(28)25(4)17(15)27/h5-10H,1-4H3,(H2,20,21,22,23,26,27)/p-1. The van der Waals surface area contributed by atoms with Gasteiger partial charge in [0.15, 0.2) is 0 Å². The van der Waals surface area contributed by atoms with Gasteiger partial charge in [-0.05, 0) is 49.5 Å². The number of rotatable bonds is 5. The summed E-state index contributed by atoms with van der Waals surface area (Å²) in [5.41, 5.74) is -0.0559. The fraction of sp³-hybridized carbons (Fsp3) is 0.211. The molecule has 0 radical (unpaired) electrons. The molecule has 0 aliphatic carbocycles. The van der Waals surface area contributed by atoms with Crippen LogP contribution in [-0.2, 0) is 24.1 Å². The van der Waals surface area contributed by atoms with Crippen LogP contribution < -0.4 is 11.2 Å². The number of aryl methyl sites for hydroxylation is 2. The van der Waals surface area contributed by atoms with Crippen molar-refractivity contribution in [3.05, 3.63) is 72.8 Å². The van der Waals surface area contributed by atoms with Crippen molar-refractivity contribution in [2.24, 2.45) is 19.1 Å². The molecule has 0 aliphatic rings. The van der Waals surface area contributed by atoms with Gasteiger partial charge in [-0.2, -0.15) is 0 Å². The topological polar surface area (TPSA) is 151 Å². The Labute approximate surface area is 177 Å². The minimum Gasteiger partial charge on any atom is -0.494 e. The van der Waals surface area contributed by atoms with Crippen molar-refractivity contribution in [2.75, 3.05) is 0 Å². The maximum absolute atomic E-state index is 12.5. The second kappa shape index (κ2) is 8.14. The van der Waals surface area contributed by atoms with Gasteiger partial charge in [-0.15, -0.1) is 0 Å². The van der Waals surface area contributed by atoms with E-state index in [1.54, 1.807) is 19.9 Å². The largest absolute Gasteiger partial charge is 0.494 e. The van der Waals surface area contributed by atoms with Crippen LogP contribution in [-0.4, -0.2) is 38.8 Å². The molecule has 0 atom stereocenters. The fourth-order valence-electron chi connectivity index (χ4n) is 2.72. The Bertz CT molecular complexity index is 1390. The number of aromatic nitrogens is 4. The van der Waals surface area contributed by atoms with Crippen LogP contribution in [0.25, 0.3) is 4.72 Å². The van der Waals surface area contributed by atoms with Crippen LogP contribution in [0.15, 0.2) is 49.8 Å². The monoisotopic (exact) mass is 443 g/mol. The van der Waals surface area contributed by atoms with Crippen molar-refractivity contribution in [1.29, 1.82) is 0 Å². The van der Waals surface area contributed by atoms with E-state index in [0.29, 0.717) is 17.1 Å². The van der Waals surface area contributed by atoms with Gasteiger partial charge in [-0.25, -0.2) is 13.2 Å². The zero-order chi connectivity index (χ0) is 22.9. The van der Waals surface area contributed by atoms with Gasteiger partial charge in [-0.1, -0.05) is 6.07 Å². The Morgan fingerprint density at radius 1 is 1.03 bits per heavy atom. The molecule has 2 aromatic heterocycles. The van der Waals surface area contributed by atoms with Crippen molar-refractivity contribution in [3.63, 3.8) is 0 Å². The van der Waals surface area contributed by atoms with Gasteiger partial charge in [0.25, 0.3) is 5.56 Å². The van der Waals surface area contributed by atoms with E-state index in [1.807, 2.05) is 0 Å². The molecule has 162 valence electrons. The molecule has 3 aromatic rings. The van der Waals surface area contributed by atoms with E-state index in [0.717, 1.165) is 15.3 Å². The highest BCUT2D eigenvalue weighted by Crippen LogP contribution is 2.26. The van der Waals surface area contributed by atoms with Crippen LogP contribution in [0.1, 0.15) is 17.0 Å². The molecule has 0 fully saturated rings. The van der Waals surface area contributed by atoms with E-state index >= 15 is 0 Å². The molecule has 0 saturated heterocycles. The number of aliphatic imine (C=N–C) groups is 1. The molecule has 11 nitrogen and oxygen atoms in total. The molecule has 2 heterocycles. The van der Waals surface area contributed by atoms with Gasteiger partial charge in [0.05, 0.1) is 10.6 Å². The first-order valence-corrected chi connectivity index (χ1v) is 10.4. The quantitative estimate of drug-likeness (QED) is 0.584. The number of hydrogen-bond donors (Lipinski definition) is 1. The predicted molar refractivity (Wildman–Crippen MR) is 114 cm³/mol. The summed E-state index contributed by atoms with van der Waals surface area (Å²) in [6.45, 7) is 3.42. The average molecular weight is 443 g/mol. The van der Waals surface area contributed by atoms with Gasteiger partial charge in [-0.3, -0.25) is 23.6 Å². The molecule has 31 heavy (non-hydrogen) atoms. The van der Waals surface area contributed by atoms with Crippen molar-refractivity contribution in [3.8, 4) is 5.88 Å². The van der Waals surface area contributed by atoms with E-state index in [2.05, 4.69) is 19.7 Å². The molecule has 12 heteroatoms. The number of aromatic hydroxyl groups is 1. The molecule has 0 spiro atoms. The normalized spacial score (nSPS) is 11.7. The Morgan fingerprint density at radius 2 is 1.61 bits per heavy atom. The van der Waals surface area contributed by atoms with E-state index in [1.165, 1.54) is 38.4 Å². The Balaban J connectivity index is 1.87. The smallest absolute Gasteiger partial charge is 0.333 e. The average Bonchev–Trinajstić information content (AvgIpc) is 2.70. The first-order valence-electron chi connectivity index (χ1n) is 8.93. The highest BCUT2D eigenvalue weighted by atomic mass is 32.2. The summed E-state index contributed by atoms with van der Waals surface area (Å²) in [6.07, 6.45) is 1.11. The summed E-state index contributed by atoms with van der Waals surface area (Å²) >= 11 is 0. The second-order valence-corrected chi connectivity index (χ2v) is 8.32. The van der Waals surface area contributed by atoms with Crippen LogP contribution in [0, 0.1) is 13.8 Å². The summed E-state index contributed by atoms with van der Waals surface area (Å²) in [4.78, 5) is 36.0. The van der Waals surface area contributed by atoms with Gasteiger partial charge < -0.3 is 15.1 Å². The van der Waals surface area contributed by atoms with Crippen molar-refractivity contribution >= 4 is 27.9 Å². The van der Waals surface area contributed by atoms with Crippen LogP contribution in [0.5, 0.6) is 5.88 Å². The zero-order valence-corrected chi connectivity index (χ0v) is 18.0. The van der Waals surface area contributed by atoms with E-state index in [-0.39, 0.29) is 16.4 Å². The fourth-order valence-corrected chi connectivity index (χ4v) is 3.61. The maximum Gasteiger partial charge on any atom is 0.333 e. The Hall–Kier alpha value is -3.80. The molecule has 0 saturated carbocycles. The zero-order valence-electron chi connectivity index (χ0n) is 17.1. The van der Waals surface area contributed by atoms with Crippen molar-refractivity contribution in [2.45, 2.75) is 18.7 Å². The summed E-state index contributed by atoms with van der Waals surface area (Å²) in [5, 5.41) is 10.0. The van der Waals surface area contributed by atoms with Crippen molar-refractivity contribution < 1.29 is 13.5 Å². The Morgan fingerprint density at radius 3 is 2.19 bits per heavy atom. The highest BCUT2D eigenvalue weighted by Gasteiger charge is 2.14. The van der Waals surface area contributed by atoms with Crippen LogP contribution in [0.4, 0.5) is 11.6 Å². The SMILES string of the molecule is Cc1cc(C)nc([N-]S(=O)(=O)c2ccc(N=Cc3c(O)n(C)c(=O)n(C)c3=O)cc2)n1. The van der Waals surface area contributed by atoms with Crippen LogP contribution in [0.2, 0.25) is 0 Å². The molecule has 1 aromatic carbocycles. The van der Waals surface area contributed by atoms with E-state index in [9.17, 15) is 23.1 Å². The van der Waals surface area contributed by atoms with Crippen LogP contribution in [0.3, 0.4) is 0 Å². The Kier molecular flexibility index (Phi) is 5.75. The summed E-state index contributed by atoms with van der Waals surface area (Å²) in [6, 6.07) is 7.11. The minimum absolute atomic E-state index is 0.0879. The lowest BCUT2D eigenvalue weighted by molar-refractivity contribution is 0.410. The number of sulfonamides is 1. The van der Waals surface area contributed by atoms with Gasteiger partial charge in [0, 0.05) is 26.3 Å². The first kappa shape index (κ1) is 21.9. The third-order valence-corrected chi connectivity index (χ3v) is 5.59. The highest BCUT2D eigenvalue weighted by molar-refractivity contribution is 7.94. The van der Waals surface area contributed by atoms with Gasteiger partial charge in [0.1, 0.15) is 5.56 Å². The maximum atomic E-state index is 12.5. The van der Waals surface area contributed by atoms with Gasteiger partial charge in [0.2, 0.25) is 15.9 Å². The van der Waals surface area contributed by atoms with E-state index < -0.39 is 27.2 Å². The molecule has 0 unspecified atom stereocenters. The summed E-state index contributed by atoms with van der Waals surface area (Å²) in [7, 11) is -1.45. The number of hydrogen-bond acceptors (Lipinski definition) is 8. The van der Waals surface area contributed by atoms with Crippen LogP contribution >= 0.6 is 0 Å². The predicted octanol–water partition coefficient (Wildman–Crippen LogP) is 1.34. The van der Waals surface area contributed by atoms with Gasteiger partial charge >= 0.3 is 5.69 Å². The number of benzene rings is 1. The third-order valence-electron chi connectivity index (χ3n) is 4.32. The lowest BCUT2D eigenvalue weighted by atomic mass is 10.3. The summed E-state index contributed by atoms with van der Waals surface area (Å²) in [5.74, 6) is -0.677. The third kappa shape index (κ3) is 4.53. The van der Waals surface area contributed by atoms with E-state index in [4.69, 9.17) is 0 Å². The molecular formula is C19H19N6O5S-.